The Kier molecular flexibility index (Phi) is 2.13. The number of imidazole rings is 1. The molecule has 0 saturated heterocycles. The van der Waals surface area contributed by atoms with Gasteiger partial charge in [-0.2, -0.15) is 0 Å². The molecule has 0 aromatic carbocycles. The van der Waals surface area contributed by atoms with Gasteiger partial charge in [0.25, 0.3) is 0 Å². The number of fused-ring (bicyclic) bond motifs is 5. The molecule has 17 heavy (non-hydrogen) atoms. The second-order valence-electron chi connectivity index (χ2n) is 6.07. The largest absolute Gasteiger partial charge is 0.333 e. The van der Waals surface area contributed by atoms with Gasteiger partial charge in [-0.25, -0.2) is 4.98 Å². The molecule has 0 amide bonds. The van der Waals surface area contributed by atoms with E-state index in [9.17, 15) is 0 Å². The van der Waals surface area contributed by atoms with Crippen LogP contribution in [0.3, 0.4) is 0 Å². The first-order valence-corrected chi connectivity index (χ1v) is 7.11. The second kappa shape index (κ2) is 3.58. The van der Waals surface area contributed by atoms with Crippen molar-refractivity contribution in [3.8, 4) is 0 Å². The van der Waals surface area contributed by atoms with Crippen molar-refractivity contribution >= 4 is 0 Å². The van der Waals surface area contributed by atoms with Crippen LogP contribution in [-0.4, -0.2) is 16.1 Å². The van der Waals surface area contributed by atoms with Crippen molar-refractivity contribution in [1.29, 1.82) is 0 Å². The second-order valence-corrected chi connectivity index (χ2v) is 6.07. The smallest absolute Gasteiger partial charge is 0.0952 e. The summed E-state index contributed by atoms with van der Waals surface area (Å²) in [5.41, 5.74) is 1.20. The van der Waals surface area contributed by atoms with Gasteiger partial charge in [-0.05, 0) is 49.5 Å². The maximum absolute atomic E-state index is 4.51. The van der Waals surface area contributed by atoms with Crippen LogP contribution in [0.15, 0.2) is 12.5 Å². The third-order valence-electron chi connectivity index (χ3n) is 5.25. The van der Waals surface area contributed by atoms with Crippen molar-refractivity contribution in [2.24, 2.45) is 23.7 Å². The maximum Gasteiger partial charge on any atom is 0.0952 e. The highest BCUT2D eigenvalue weighted by atomic mass is 15.1. The summed E-state index contributed by atoms with van der Waals surface area (Å²) in [6, 6.07) is 0.809. The van der Waals surface area contributed by atoms with E-state index in [1.165, 1.54) is 25.0 Å². The number of hydrogen-bond donors (Lipinski definition) is 1. The molecule has 3 aliphatic rings. The number of nitrogens with one attached hydrogen (secondary N) is 1. The fraction of sp³-hybridized carbons (Fsp3) is 0.786. The van der Waals surface area contributed by atoms with Gasteiger partial charge in [0.2, 0.25) is 0 Å². The van der Waals surface area contributed by atoms with Gasteiger partial charge in [0.15, 0.2) is 0 Å². The minimum Gasteiger partial charge on any atom is -0.333 e. The van der Waals surface area contributed by atoms with Crippen LogP contribution < -0.4 is 5.32 Å². The zero-order valence-corrected chi connectivity index (χ0v) is 10.5. The molecule has 3 fully saturated rings. The van der Waals surface area contributed by atoms with Crippen molar-refractivity contribution in [3.63, 3.8) is 0 Å². The molecule has 1 aromatic rings. The standard InChI is InChI=1S/C14H21N3/c1-2-15-6-11-7-17(8-16-11)14-12-9-3-4-10(5-9)13(12)14/h7-10,12-15H,2-6H2,1H3. The first kappa shape index (κ1) is 10.1. The lowest BCUT2D eigenvalue weighted by atomic mass is 10.0. The van der Waals surface area contributed by atoms with Crippen molar-refractivity contribution < 1.29 is 0 Å². The van der Waals surface area contributed by atoms with Crippen molar-refractivity contribution in [2.45, 2.75) is 38.8 Å². The van der Waals surface area contributed by atoms with Gasteiger partial charge >= 0.3 is 0 Å². The minimum atomic E-state index is 0.809. The van der Waals surface area contributed by atoms with Crippen LogP contribution in [0.5, 0.6) is 0 Å². The molecule has 3 nitrogen and oxygen atoms in total. The fourth-order valence-electron chi connectivity index (χ4n) is 4.56. The van der Waals surface area contributed by atoms with E-state index >= 15 is 0 Å². The molecule has 3 aliphatic carbocycles. The lowest BCUT2D eigenvalue weighted by Crippen LogP contribution is -2.11. The first-order chi connectivity index (χ1) is 8.38. The molecule has 3 saturated carbocycles. The molecule has 1 heterocycles. The number of hydrogen-bond acceptors (Lipinski definition) is 2. The normalized spacial score (nSPS) is 41.8. The highest BCUT2D eigenvalue weighted by molar-refractivity contribution is 5.17. The van der Waals surface area contributed by atoms with Crippen LogP contribution in [0.4, 0.5) is 0 Å². The van der Waals surface area contributed by atoms with E-state index in [4.69, 9.17) is 0 Å². The third kappa shape index (κ3) is 1.41. The quantitative estimate of drug-likeness (QED) is 0.861. The predicted molar refractivity (Wildman–Crippen MR) is 66.5 cm³/mol. The van der Waals surface area contributed by atoms with Gasteiger partial charge in [-0.15, -0.1) is 0 Å². The molecule has 4 unspecified atom stereocenters. The summed E-state index contributed by atoms with van der Waals surface area (Å²) in [6.07, 6.45) is 8.87. The van der Waals surface area contributed by atoms with Crippen molar-refractivity contribution in [2.75, 3.05) is 6.54 Å². The number of nitrogens with zero attached hydrogens (tertiary/aromatic N) is 2. The molecule has 1 N–H and O–H groups in total. The molecule has 2 bridgehead atoms. The van der Waals surface area contributed by atoms with E-state index in [1.807, 2.05) is 0 Å². The number of aromatic nitrogens is 2. The Balaban J connectivity index is 1.48. The molecule has 0 aliphatic heterocycles. The van der Waals surface area contributed by atoms with Gasteiger partial charge in [0.1, 0.15) is 0 Å². The molecule has 0 spiro atoms. The average molecular weight is 231 g/mol. The molecular weight excluding hydrogens is 210 g/mol. The van der Waals surface area contributed by atoms with E-state index in [1.54, 1.807) is 0 Å². The highest BCUT2D eigenvalue weighted by Crippen LogP contribution is 2.71. The van der Waals surface area contributed by atoms with E-state index in [0.717, 1.165) is 42.8 Å². The number of rotatable bonds is 4. The summed E-state index contributed by atoms with van der Waals surface area (Å²) in [6.45, 7) is 4.07. The van der Waals surface area contributed by atoms with Crippen molar-refractivity contribution in [3.05, 3.63) is 18.2 Å². The summed E-state index contributed by atoms with van der Waals surface area (Å²) in [7, 11) is 0. The van der Waals surface area contributed by atoms with E-state index < -0.39 is 0 Å². The van der Waals surface area contributed by atoms with Gasteiger partial charge in [0.05, 0.1) is 12.0 Å². The van der Waals surface area contributed by atoms with Crippen LogP contribution in [0.25, 0.3) is 0 Å². The third-order valence-corrected chi connectivity index (χ3v) is 5.25. The first-order valence-electron chi connectivity index (χ1n) is 7.11. The topological polar surface area (TPSA) is 29.9 Å². The Bertz CT molecular complexity index is 409. The predicted octanol–water partition coefficient (Wildman–Crippen LogP) is 2.21. The fourth-order valence-corrected chi connectivity index (χ4v) is 4.56. The molecule has 3 heteroatoms. The Hall–Kier alpha value is -0.830. The molecule has 4 atom stereocenters. The summed E-state index contributed by atoms with van der Waals surface area (Å²) < 4.78 is 2.41. The zero-order valence-electron chi connectivity index (χ0n) is 10.5. The van der Waals surface area contributed by atoms with Crippen LogP contribution >= 0.6 is 0 Å². The highest BCUT2D eigenvalue weighted by Gasteiger charge is 2.65. The van der Waals surface area contributed by atoms with Gasteiger partial charge < -0.3 is 9.88 Å². The SMILES string of the molecule is CCNCc1cn(C2C3C4CCC(C4)C32)cn1. The minimum absolute atomic E-state index is 0.809. The Morgan fingerprint density at radius 3 is 2.82 bits per heavy atom. The van der Waals surface area contributed by atoms with Crippen LogP contribution in [0.1, 0.15) is 37.9 Å². The Morgan fingerprint density at radius 1 is 1.35 bits per heavy atom. The zero-order chi connectivity index (χ0) is 11.4. The molecular formula is C14H21N3. The van der Waals surface area contributed by atoms with Crippen LogP contribution in [0, 0.1) is 23.7 Å². The van der Waals surface area contributed by atoms with E-state index in [2.05, 4.69) is 34.3 Å². The Morgan fingerprint density at radius 2 is 2.12 bits per heavy atom. The van der Waals surface area contributed by atoms with Gasteiger partial charge in [-0.3, -0.25) is 0 Å². The van der Waals surface area contributed by atoms with Gasteiger partial charge in [0, 0.05) is 18.8 Å². The molecule has 4 rings (SSSR count). The summed E-state index contributed by atoms with van der Waals surface area (Å²) in [5.74, 6) is 4.12. The van der Waals surface area contributed by atoms with Gasteiger partial charge in [-0.1, -0.05) is 6.92 Å². The average Bonchev–Trinajstić information content (AvgIpc) is 2.78. The Labute approximate surface area is 103 Å². The molecule has 1 aromatic heterocycles. The maximum atomic E-state index is 4.51. The summed E-state index contributed by atoms with van der Waals surface area (Å²) >= 11 is 0. The summed E-state index contributed by atoms with van der Waals surface area (Å²) in [4.78, 5) is 4.51. The lowest BCUT2D eigenvalue weighted by Gasteiger charge is -2.09. The van der Waals surface area contributed by atoms with Crippen LogP contribution in [0.2, 0.25) is 0 Å². The summed E-state index contributed by atoms with van der Waals surface area (Å²) in [5, 5.41) is 3.34. The molecule has 0 radical (unpaired) electrons. The lowest BCUT2D eigenvalue weighted by molar-refractivity contribution is 0.453. The van der Waals surface area contributed by atoms with Crippen LogP contribution in [-0.2, 0) is 6.54 Å². The van der Waals surface area contributed by atoms with Crippen molar-refractivity contribution in [1.82, 2.24) is 14.9 Å². The monoisotopic (exact) mass is 231 g/mol. The molecule has 92 valence electrons. The van der Waals surface area contributed by atoms with E-state index in [0.29, 0.717) is 0 Å². The van der Waals surface area contributed by atoms with E-state index in [-0.39, 0.29) is 0 Å².